The number of aryl methyl sites for hydroxylation is 3. The molecule has 0 unspecified atom stereocenters. The van der Waals surface area contributed by atoms with Crippen LogP contribution in [0, 0.1) is 13.8 Å². The molecule has 1 aromatic carbocycles. The van der Waals surface area contributed by atoms with E-state index in [1.807, 2.05) is 13.8 Å². The van der Waals surface area contributed by atoms with Gasteiger partial charge in [-0.1, -0.05) is 48.7 Å². The number of imidazole rings is 1. The fourth-order valence-corrected chi connectivity index (χ4v) is 2.79. The van der Waals surface area contributed by atoms with Crippen LogP contribution in [0.25, 0.3) is 0 Å². The van der Waals surface area contributed by atoms with Crippen molar-refractivity contribution in [3.63, 3.8) is 0 Å². The van der Waals surface area contributed by atoms with Crippen LogP contribution in [-0.2, 0) is 13.0 Å². The van der Waals surface area contributed by atoms with E-state index in [1.165, 1.54) is 0 Å². The third-order valence-electron chi connectivity index (χ3n) is 3.79. The van der Waals surface area contributed by atoms with Crippen molar-refractivity contribution in [3.05, 3.63) is 51.6 Å². The second-order valence-corrected chi connectivity index (χ2v) is 5.95. The summed E-state index contributed by atoms with van der Waals surface area (Å²) in [6.07, 6.45) is 2.71. The number of benzene rings is 1. The van der Waals surface area contributed by atoms with Gasteiger partial charge in [-0.3, -0.25) is 0 Å². The first-order valence-corrected chi connectivity index (χ1v) is 7.86. The zero-order valence-electron chi connectivity index (χ0n) is 13.2. The lowest BCUT2D eigenvalue weighted by Crippen LogP contribution is -2.13. The summed E-state index contributed by atoms with van der Waals surface area (Å²) in [5.41, 5.74) is 3.45. The van der Waals surface area contributed by atoms with Gasteiger partial charge in [0.25, 0.3) is 0 Å². The van der Waals surface area contributed by atoms with Crippen LogP contribution >= 0.6 is 11.6 Å². The van der Waals surface area contributed by atoms with Gasteiger partial charge in [0.1, 0.15) is 5.82 Å². The maximum absolute atomic E-state index is 11.5. The van der Waals surface area contributed by atoms with E-state index in [-0.39, 0.29) is 10.8 Å². The zero-order valence-corrected chi connectivity index (χ0v) is 13.9. The highest BCUT2D eigenvalue weighted by molar-refractivity contribution is 6.32. The van der Waals surface area contributed by atoms with Gasteiger partial charge in [-0.15, -0.1) is 0 Å². The number of carboxylic acid groups (broad SMARTS) is 1. The summed E-state index contributed by atoms with van der Waals surface area (Å²) in [5, 5.41) is 9.51. The minimum absolute atomic E-state index is 0.0731. The quantitative estimate of drug-likeness (QED) is 0.866. The molecule has 0 saturated carbocycles. The number of aromatic nitrogens is 2. The third-order valence-corrected chi connectivity index (χ3v) is 4.06. The van der Waals surface area contributed by atoms with Crippen LogP contribution in [0.5, 0.6) is 0 Å². The molecule has 22 heavy (non-hydrogen) atoms. The highest BCUT2D eigenvalue weighted by Crippen LogP contribution is 2.22. The Morgan fingerprint density at radius 2 is 2.09 bits per heavy atom. The molecule has 2 rings (SSSR count). The second-order valence-electron chi connectivity index (χ2n) is 5.59. The van der Waals surface area contributed by atoms with Gasteiger partial charge in [-0.25, -0.2) is 9.78 Å². The SMILES string of the molecule is CCCCc1nc(Cl)c(C(=O)O)n1Cc1cc(C)ccc1C. The molecule has 0 aliphatic carbocycles. The molecule has 0 atom stereocenters. The molecule has 0 fully saturated rings. The molecule has 0 bridgehead atoms. The largest absolute Gasteiger partial charge is 0.476 e. The van der Waals surface area contributed by atoms with E-state index in [0.29, 0.717) is 6.54 Å². The Bertz CT molecular complexity index is 692. The lowest BCUT2D eigenvalue weighted by molar-refractivity contribution is 0.0685. The molecule has 118 valence electrons. The van der Waals surface area contributed by atoms with Crippen LogP contribution in [0.4, 0.5) is 0 Å². The van der Waals surface area contributed by atoms with Gasteiger partial charge in [-0.2, -0.15) is 0 Å². The van der Waals surface area contributed by atoms with E-state index in [0.717, 1.165) is 41.8 Å². The maximum Gasteiger partial charge on any atom is 0.355 e. The second kappa shape index (κ2) is 6.97. The van der Waals surface area contributed by atoms with Crippen LogP contribution in [0.1, 0.15) is 52.8 Å². The Hall–Kier alpha value is -1.81. The normalized spacial score (nSPS) is 10.9. The van der Waals surface area contributed by atoms with Crippen molar-refractivity contribution in [2.75, 3.05) is 0 Å². The molecule has 5 heteroatoms. The molecule has 0 amide bonds. The number of carboxylic acids is 1. The number of aromatic carboxylic acids is 1. The van der Waals surface area contributed by atoms with Gasteiger partial charge in [0.15, 0.2) is 10.8 Å². The summed E-state index contributed by atoms with van der Waals surface area (Å²) in [4.78, 5) is 15.8. The number of nitrogens with zero attached hydrogens (tertiary/aromatic N) is 2. The van der Waals surface area contributed by atoms with Crippen LogP contribution in [0.3, 0.4) is 0 Å². The molecule has 0 spiro atoms. The highest BCUT2D eigenvalue weighted by Gasteiger charge is 2.21. The van der Waals surface area contributed by atoms with Crippen LogP contribution < -0.4 is 0 Å². The summed E-state index contributed by atoms with van der Waals surface area (Å²) in [5.74, 6) is -0.296. The minimum Gasteiger partial charge on any atom is -0.476 e. The van der Waals surface area contributed by atoms with Gasteiger partial charge in [-0.05, 0) is 31.4 Å². The number of hydrogen-bond donors (Lipinski definition) is 1. The number of unbranched alkanes of at least 4 members (excludes halogenated alkanes) is 1. The van der Waals surface area contributed by atoms with Crippen LogP contribution in [0.2, 0.25) is 5.15 Å². The summed E-state index contributed by atoms with van der Waals surface area (Å²) in [6.45, 7) is 6.63. The van der Waals surface area contributed by atoms with Crippen molar-refractivity contribution in [1.29, 1.82) is 0 Å². The fraction of sp³-hybridized carbons (Fsp3) is 0.412. The number of rotatable bonds is 6. The average Bonchev–Trinajstić information content (AvgIpc) is 2.76. The Balaban J connectivity index is 2.47. The van der Waals surface area contributed by atoms with E-state index in [2.05, 4.69) is 30.1 Å². The number of hydrogen-bond acceptors (Lipinski definition) is 2. The summed E-state index contributed by atoms with van der Waals surface area (Å²) < 4.78 is 1.74. The smallest absolute Gasteiger partial charge is 0.355 e. The third kappa shape index (κ3) is 3.50. The van der Waals surface area contributed by atoms with E-state index in [1.54, 1.807) is 4.57 Å². The number of halogens is 1. The minimum atomic E-state index is -1.04. The van der Waals surface area contributed by atoms with E-state index in [4.69, 9.17) is 11.6 Å². The predicted octanol–water partition coefficient (Wildman–Crippen LogP) is 4.24. The molecule has 0 aliphatic rings. The lowest BCUT2D eigenvalue weighted by atomic mass is 10.1. The maximum atomic E-state index is 11.5. The van der Waals surface area contributed by atoms with Crippen molar-refractivity contribution < 1.29 is 9.90 Å². The van der Waals surface area contributed by atoms with E-state index < -0.39 is 5.97 Å². The lowest BCUT2D eigenvalue weighted by Gasteiger charge is -2.13. The van der Waals surface area contributed by atoms with Crippen molar-refractivity contribution in [1.82, 2.24) is 9.55 Å². The van der Waals surface area contributed by atoms with Crippen molar-refractivity contribution in [2.45, 2.75) is 46.6 Å². The molecular formula is C17H21ClN2O2. The predicted molar refractivity (Wildman–Crippen MR) is 87.8 cm³/mol. The Morgan fingerprint density at radius 1 is 1.36 bits per heavy atom. The van der Waals surface area contributed by atoms with Gasteiger partial charge in [0.05, 0.1) is 0 Å². The summed E-state index contributed by atoms with van der Waals surface area (Å²) in [6, 6.07) is 6.18. The van der Waals surface area contributed by atoms with Crippen molar-refractivity contribution in [2.24, 2.45) is 0 Å². The zero-order chi connectivity index (χ0) is 16.3. The molecule has 0 aliphatic heterocycles. The van der Waals surface area contributed by atoms with E-state index in [9.17, 15) is 9.90 Å². The molecule has 1 N–H and O–H groups in total. The van der Waals surface area contributed by atoms with Crippen LogP contribution in [0.15, 0.2) is 18.2 Å². The molecule has 0 saturated heterocycles. The molecule has 2 aromatic rings. The standard InChI is InChI=1S/C17H21ClN2O2/c1-4-5-6-14-19-16(18)15(17(21)22)20(14)10-13-9-11(2)7-8-12(13)3/h7-9H,4-6,10H2,1-3H3,(H,21,22). The van der Waals surface area contributed by atoms with Gasteiger partial charge < -0.3 is 9.67 Å². The molecule has 1 heterocycles. The Kier molecular flexibility index (Phi) is 5.24. The topological polar surface area (TPSA) is 55.1 Å². The van der Waals surface area contributed by atoms with Gasteiger partial charge in [0.2, 0.25) is 0 Å². The first kappa shape index (κ1) is 16.6. The summed E-state index contributed by atoms with van der Waals surface area (Å²) in [7, 11) is 0. The Labute approximate surface area is 135 Å². The van der Waals surface area contributed by atoms with E-state index >= 15 is 0 Å². The first-order valence-electron chi connectivity index (χ1n) is 7.48. The fourth-order valence-electron chi connectivity index (χ4n) is 2.51. The van der Waals surface area contributed by atoms with Gasteiger partial charge in [0, 0.05) is 13.0 Å². The monoisotopic (exact) mass is 320 g/mol. The molecule has 4 nitrogen and oxygen atoms in total. The number of carbonyl (C=O) groups is 1. The summed E-state index contributed by atoms with van der Waals surface area (Å²) >= 11 is 6.05. The van der Waals surface area contributed by atoms with Crippen molar-refractivity contribution >= 4 is 17.6 Å². The van der Waals surface area contributed by atoms with Crippen molar-refractivity contribution in [3.8, 4) is 0 Å². The highest BCUT2D eigenvalue weighted by atomic mass is 35.5. The van der Waals surface area contributed by atoms with Gasteiger partial charge >= 0.3 is 5.97 Å². The average molecular weight is 321 g/mol. The molecule has 0 radical (unpaired) electrons. The van der Waals surface area contributed by atoms with Crippen LogP contribution in [-0.4, -0.2) is 20.6 Å². The Morgan fingerprint density at radius 3 is 2.73 bits per heavy atom. The molecular weight excluding hydrogens is 300 g/mol. The molecule has 1 aromatic heterocycles. The first-order chi connectivity index (χ1) is 10.4.